The predicted octanol–water partition coefficient (Wildman–Crippen LogP) is 4.56. The van der Waals surface area contributed by atoms with E-state index in [0.29, 0.717) is 0 Å². The van der Waals surface area contributed by atoms with Gasteiger partial charge in [-0.2, -0.15) is 0 Å². The maximum Gasteiger partial charge on any atom is -0.0322 e. The normalized spacial score (nSPS) is 29.7. The first-order chi connectivity index (χ1) is 6.36. The van der Waals surface area contributed by atoms with Gasteiger partial charge >= 0.3 is 0 Å². The molecule has 0 saturated heterocycles. The smallest absolute Gasteiger partial charge is 0.0322 e. The molecule has 0 aromatic carbocycles. The molecule has 0 radical (unpaired) electrons. The summed E-state index contributed by atoms with van der Waals surface area (Å²) >= 11 is 0. The average Bonchev–Trinajstić information content (AvgIpc) is 2.19. The van der Waals surface area contributed by atoms with Gasteiger partial charge in [-0.25, -0.2) is 0 Å². The highest BCUT2D eigenvalue weighted by Gasteiger charge is 2.19. The second-order valence-corrected chi connectivity index (χ2v) is 4.42. The van der Waals surface area contributed by atoms with Gasteiger partial charge in [0.25, 0.3) is 0 Å². The maximum absolute atomic E-state index is 2.39. The second kappa shape index (κ2) is 6.23. The van der Waals surface area contributed by atoms with E-state index in [9.17, 15) is 0 Å². The van der Waals surface area contributed by atoms with Crippen LogP contribution in [-0.2, 0) is 0 Å². The minimum Gasteiger partial charge on any atom is -0.0888 e. The summed E-state index contributed by atoms with van der Waals surface area (Å²) in [7, 11) is 0. The Kier molecular flexibility index (Phi) is 5.19. The van der Waals surface area contributed by atoms with Crippen molar-refractivity contribution < 1.29 is 0 Å². The molecule has 2 atom stereocenters. The summed E-state index contributed by atoms with van der Waals surface area (Å²) in [6, 6.07) is 0. The molecular weight excluding hydrogens is 156 g/mol. The first-order valence-corrected chi connectivity index (χ1v) is 6.01. The van der Waals surface area contributed by atoms with E-state index in [0.717, 1.165) is 11.8 Å². The van der Waals surface area contributed by atoms with Gasteiger partial charge in [0.1, 0.15) is 0 Å². The Bertz CT molecular complexity index is 146. The van der Waals surface area contributed by atoms with Crippen LogP contribution in [0.2, 0.25) is 0 Å². The Morgan fingerprint density at radius 1 is 1.08 bits per heavy atom. The topological polar surface area (TPSA) is 0 Å². The third-order valence-electron chi connectivity index (χ3n) is 3.34. The van der Waals surface area contributed by atoms with Crippen molar-refractivity contribution in [2.45, 2.75) is 58.8 Å². The van der Waals surface area contributed by atoms with Crippen LogP contribution in [0.4, 0.5) is 0 Å². The average molecular weight is 180 g/mol. The monoisotopic (exact) mass is 180 g/mol. The first kappa shape index (κ1) is 10.8. The van der Waals surface area contributed by atoms with Gasteiger partial charge in [-0.05, 0) is 31.1 Å². The fourth-order valence-corrected chi connectivity index (χ4v) is 2.44. The second-order valence-electron chi connectivity index (χ2n) is 4.42. The van der Waals surface area contributed by atoms with E-state index in [1.807, 2.05) is 0 Å². The molecule has 76 valence electrons. The minimum absolute atomic E-state index is 1.00. The van der Waals surface area contributed by atoms with Crippen LogP contribution in [0.25, 0.3) is 0 Å². The summed E-state index contributed by atoms with van der Waals surface area (Å²) in [6.45, 7) is 4.56. The third kappa shape index (κ3) is 3.97. The molecule has 0 spiro atoms. The van der Waals surface area contributed by atoms with Gasteiger partial charge in [0.2, 0.25) is 0 Å². The highest BCUT2D eigenvalue weighted by atomic mass is 14.2. The molecule has 1 fully saturated rings. The van der Waals surface area contributed by atoms with Gasteiger partial charge in [0.05, 0.1) is 0 Å². The maximum atomic E-state index is 2.39. The molecule has 0 nitrogen and oxygen atoms in total. The van der Waals surface area contributed by atoms with Crippen molar-refractivity contribution in [3.63, 3.8) is 0 Å². The van der Waals surface area contributed by atoms with Crippen LogP contribution in [0.5, 0.6) is 0 Å². The number of rotatable bonds is 4. The standard InChI is InChI=1S/C13H24/c1-3-5-6-8-13-10-7-9-12(4-2)11-13/h5-6,12-13H,3-4,7-11H2,1-2H3. The largest absolute Gasteiger partial charge is 0.0888 e. The number of hydrogen-bond donors (Lipinski definition) is 0. The summed E-state index contributed by atoms with van der Waals surface area (Å²) in [5, 5.41) is 0. The summed E-state index contributed by atoms with van der Waals surface area (Å²) in [4.78, 5) is 0. The van der Waals surface area contributed by atoms with E-state index in [1.165, 1.54) is 44.9 Å². The molecule has 13 heavy (non-hydrogen) atoms. The molecule has 0 aromatic rings. The van der Waals surface area contributed by atoms with Crippen LogP contribution in [0.1, 0.15) is 58.8 Å². The van der Waals surface area contributed by atoms with Gasteiger partial charge in [0.15, 0.2) is 0 Å². The lowest BCUT2D eigenvalue weighted by Crippen LogP contribution is -2.14. The summed E-state index contributed by atoms with van der Waals surface area (Å²) in [5.74, 6) is 2.04. The fraction of sp³-hybridized carbons (Fsp3) is 0.846. The van der Waals surface area contributed by atoms with Crippen molar-refractivity contribution in [3.8, 4) is 0 Å². The van der Waals surface area contributed by atoms with Crippen molar-refractivity contribution in [2.75, 3.05) is 0 Å². The SMILES string of the molecule is CCC=CCC1CCCC(CC)C1. The molecule has 0 bridgehead atoms. The van der Waals surface area contributed by atoms with Gasteiger partial charge < -0.3 is 0 Å². The highest BCUT2D eigenvalue weighted by Crippen LogP contribution is 2.32. The van der Waals surface area contributed by atoms with E-state index in [1.54, 1.807) is 0 Å². The van der Waals surface area contributed by atoms with Crippen LogP contribution < -0.4 is 0 Å². The lowest BCUT2D eigenvalue weighted by molar-refractivity contribution is 0.262. The van der Waals surface area contributed by atoms with Crippen molar-refractivity contribution >= 4 is 0 Å². The molecule has 1 rings (SSSR count). The number of allylic oxidation sites excluding steroid dienone is 2. The number of hydrogen-bond acceptors (Lipinski definition) is 0. The lowest BCUT2D eigenvalue weighted by atomic mass is 9.79. The van der Waals surface area contributed by atoms with Crippen LogP contribution in [-0.4, -0.2) is 0 Å². The van der Waals surface area contributed by atoms with Gasteiger partial charge in [0, 0.05) is 0 Å². The van der Waals surface area contributed by atoms with Crippen LogP contribution in [0.3, 0.4) is 0 Å². The molecule has 0 heteroatoms. The Balaban J connectivity index is 2.21. The molecule has 2 unspecified atom stereocenters. The fourth-order valence-electron chi connectivity index (χ4n) is 2.44. The zero-order chi connectivity index (χ0) is 9.52. The third-order valence-corrected chi connectivity index (χ3v) is 3.34. The molecule has 0 amide bonds. The van der Waals surface area contributed by atoms with E-state index in [-0.39, 0.29) is 0 Å². The molecular formula is C13H24. The Hall–Kier alpha value is -0.260. The molecule has 1 saturated carbocycles. The lowest BCUT2D eigenvalue weighted by Gasteiger charge is -2.27. The molecule has 0 heterocycles. The van der Waals surface area contributed by atoms with E-state index in [4.69, 9.17) is 0 Å². The Morgan fingerprint density at radius 2 is 1.85 bits per heavy atom. The quantitative estimate of drug-likeness (QED) is 0.556. The molecule has 0 N–H and O–H groups in total. The molecule has 1 aliphatic rings. The van der Waals surface area contributed by atoms with E-state index in [2.05, 4.69) is 26.0 Å². The summed E-state index contributed by atoms with van der Waals surface area (Å²) in [5.41, 5.74) is 0. The predicted molar refractivity (Wildman–Crippen MR) is 59.8 cm³/mol. The van der Waals surface area contributed by atoms with Gasteiger partial charge in [-0.1, -0.05) is 51.7 Å². The Morgan fingerprint density at radius 3 is 2.54 bits per heavy atom. The Labute approximate surface area is 83.4 Å². The van der Waals surface area contributed by atoms with Gasteiger partial charge in [-0.15, -0.1) is 0 Å². The first-order valence-electron chi connectivity index (χ1n) is 6.01. The highest BCUT2D eigenvalue weighted by molar-refractivity contribution is 4.85. The van der Waals surface area contributed by atoms with E-state index < -0.39 is 0 Å². The molecule has 1 aliphatic carbocycles. The summed E-state index contributed by atoms with van der Waals surface area (Å²) in [6.07, 6.45) is 14.6. The van der Waals surface area contributed by atoms with Gasteiger partial charge in [-0.3, -0.25) is 0 Å². The van der Waals surface area contributed by atoms with Crippen molar-refractivity contribution in [2.24, 2.45) is 11.8 Å². The van der Waals surface area contributed by atoms with Crippen LogP contribution in [0, 0.1) is 11.8 Å². The van der Waals surface area contributed by atoms with Crippen molar-refractivity contribution in [1.82, 2.24) is 0 Å². The molecule has 0 aliphatic heterocycles. The zero-order valence-corrected chi connectivity index (χ0v) is 9.26. The zero-order valence-electron chi connectivity index (χ0n) is 9.26. The minimum atomic E-state index is 1.00. The van der Waals surface area contributed by atoms with Crippen LogP contribution >= 0.6 is 0 Å². The van der Waals surface area contributed by atoms with E-state index >= 15 is 0 Å². The molecule has 0 aromatic heterocycles. The van der Waals surface area contributed by atoms with Crippen molar-refractivity contribution in [1.29, 1.82) is 0 Å². The van der Waals surface area contributed by atoms with Crippen molar-refractivity contribution in [3.05, 3.63) is 12.2 Å². The van der Waals surface area contributed by atoms with Crippen LogP contribution in [0.15, 0.2) is 12.2 Å². The summed E-state index contributed by atoms with van der Waals surface area (Å²) < 4.78 is 0.